The lowest BCUT2D eigenvalue weighted by molar-refractivity contribution is -0.137. The highest BCUT2D eigenvalue weighted by atomic mass is 16.2. The maximum absolute atomic E-state index is 12.7. The van der Waals surface area contributed by atoms with Crippen LogP contribution in [0.15, 0.2) is 60.7 Å². The van der Waals surface area contributed by atoms with Crippen molar-refractivity contribution < 1.29 is 9.59 Å². The molecule has 0 saturated carbocycles. The lowest BCUT2D eigenvalue weighted by atomic mass is 10.1. The molecule has 0 radical (unpaired) electrons. The van der Waals surface area contributed by atoms with Crippen molar-refractivity contribution in [3.8, 4) is 0 Å². The van der Waals surface area contributed by atoms with Gasteiger partial charge in [0, 0.05) is 45.0 Å². The highest BCUT2D eigenvalue weighted by Gasteiger charge is 2.33. The number of carbonyl (C=O) groups is 2. The normalized spacial score (nSPS) is 19.0. The van der Waals surface area contributed by atoms with E-state index in [0.29, 0.717) is 19.5 Å². The summed E-state index contributed by atoms with van der Waals surface area (Å²) in [6, 6.07) is 20.1. The molecule has 2 aromatic carbocycles. The molecule has 4 rings (SSSR count). The first-order valence-corrected chi connectivity index (χ1v) is 12.3. The predicted octanol–water partition coefficient (Wildman–Crippen LogP) is 2.94. The second-order valence-corrected chi connectivity index (χ2v) is 9.07. The Morgan fingerprint density at radius 2 is 1.55 bits per heavy atom. The number of para-hydroxylation sites is 1. The number of carbonyl (C=O) groups excluding carboxylic acids is 2. The van der Waals surface area contributed by atoms with Crippen molar-refractivity contribution in [1.29, 1.82) is 0 Å². The van der Waals surface area contributed by atoms with Gasteiger partial charge in [0.25, 0.3) is 0 Å². The number of nitrogens with one attached hydrogen (secondary N) is 1. The molecule has 0 aliphatic carbocycles. The van der Waals surface area contributed by atoms with Gasteiger partial charge in [-0.05, 0) is 49.9 Å². The summed E-state index contributed by atoms with van der Waals surface area (Å²) >= 11 is 0. The minimum Gasteiger partial charge on any atom is -0.369 e. The summed E-state index contributed by atoms with van der Waals surface area (Å²) in [7, 11) is 0. The standard InChI is InChI=1S/C27H36N4O2/c32-26(22-23-10-3-1-4-11-23)31-17-9-14-25(31)27(33)28-15-7-8-16-29-18-20-30(21-19-29)24-12-5-2-6-13-24/h1-6,10-13,25H,7-9,14-22H2,(H,28,33). The summed E-state index contributed by atoms with van der Waals surface area (Å²) in [6.45, 7) is 6.73. The molecule has 2 aliphatic rings. The molecule has 2 saturated heterocycles. The number of nitrogens with zero attached hydrogens (tertiary/aromatic N) is 3. The van der Waals surface area contributed by atoms with Crippen LogP contribution in [0.2, 0.25) is 0 Å². The van der Waals surface area contributed by atoms with Crippen LogP contribution in [0.5, 0.6) is 0 Å². The fraction of sp³-hybridized carbons (Fsp3) is 0.481. The monoisotopic (exact) mass is 448 g/mol. The number of benzene rings is 2. The number of rotatable bonds is 9. The topological polar surface area (TPSA) is 55.9 Å². The molecule has 2 heterocycles. The molecule has 33 heavy (non-hydrogen) atoms. The Labute approximate surface area is 197 Å². The summed E-state index contributed by atoms with van der Waals surface area (Å²) in [5, 5.41) is 3.08. The van der Waals surface area contributed by atoms with Gasteiger partial charge in [0.05, 0.1) is 6.42 Å². The van der Waals surface area contributed by atoms with Crippen LogP contribution in [-0.2, 0) is 16.0 Å². The van der Waals surface area contributed by atoms with Crippen LogP contribution in [-0.4, -0.2) is 73.5 Å². The van der Waals surface area contributed by atoms with Gasteiger partial charge in [-0.15, -0.1) is 0 Å². The summed E-state index contributed by atoms with van der Waals surface area (Å²) < 4.78 is 0. The van der Waals surface area contributed by atoms with Crippen molar-refractivity contribution in [1.82, 2.24) is 15.1 Å². The zero-order chi connectivity index (χ0) is 22.9. The van der Waals surface area contributed by atoms with E-state index in [1.165, 1.54) is 5.69 Å². The Hall–Kier alpha value is -2.86. The molecule has 0 spiro atoms. The molecule has 176 valence electrons. The van der Waals surface area contributed by atoms with Gasteiger partial charge in [0.1, 0.15) is 6.04 Å². The maximum atomic E-state index is 12.7. The molecule has 2 amide bonds. The quantitative estimate of drug-likeness (QED) is 0.600. The first-order valence-electron chi connectivity index (χ1n) is 12.3. The van der Waals surface area contributed by atoms with Gasteiger partial charge in [0.15, 0.2) is 0 Å². The summed E-state index contributed by atoms with van der Waals surface area (Å²) in [5.74, 6) is 0.0545. The number of hydrogen-bond donors (Lipinski definition) is 1. The molecule has 6 heteroatoms. The summed E-state index contributed by atoms with van der Waals surface area (Å²) in [6.07, 6.45) is 4.07. The minimum atomic E-state index is -0.313. The fourth-order valence-electron chi connectivity index (χ4n) is 4.87. The van der Waals surface area contributed by atoms with E-state index in [-0.39, 0.29) is 17.9 Å². The largest absolute Gasteiger partial charge is 0.369 e. The van der Waals surface area contributed by atoms with Gasteiger partial charge in [-0.3, -0.25) is 14.5 Å². The first kappa shape index (κ1) is 23.3. The van der Waals surface area contributed by atoms with E-state index in [4.69, 9.17) is 0 Å². The summed E-state index contributed by atoms with van der Waals surface area (Å²) in [4.78, 5) is 32.2. The fourth-order valence-corrected chi connectivity index (χ4v) is 4.87. The molecule has 0 aromatic heterocycles. The highest BCUT2D eigenvalue weighted by Crippen LogP contribution is 2.19. The maximum Gasteiger partial charge on any atom is 0.242 e. The average molecular weight is 449 g/mol. The number of anilines is 1. The van der Waals surface area contributed by atoms with Crippen LogP contribution < -0.4 is 10.2 Å². The van der Waals surface area contributed by atoms with Crippen molar-refractivity contribution in [3.63, 3.8) is 0 Å². The second-order valence-electron chi connectivity index (χ2n) is 9.07. The lowest BCUT2D eigenvalue weighted by Gasteiger charge is -2.36. The Bertz CT molecular complexity index is 882. The van der Waals surface area contributed by atoms with Crippen LogP contribution in [0.25, 0.3) is 0 Å². The van der Waals surface area contributed by atoms with E-state index in [9.17, 15) is 9.59 Å². The number of unbranched alkanes of at least 4 members (excludes halogenated alkanes) is 1. The second kappa shape index (κ2) is 11.8. The molecule has 6 nitrogen and oxygen atoms in total. The molecule has 0 bridgehead atoms. The number of hydrogen-bond acceptors (Lipinski definition) is 4. The molecule has 1 atom stereocenters. The third-order valence-corrected chi connectivity index (χ3v) is 6.77. The van der Waals surface area contributed by atoms with Gasteiger partial charge < -0.3 is 15.1 Å². The van der Waals surface area contributed by atoms with E-state index >= 15 is 0 Å². The smallest absolute Gasteiger partial charge is 0.242 e. The Morgan fingerprint density at radius 1 is 0.848 bits per heavy atom. The number of likely N-dealkylation sites (tertiary alicyclic amines) is 1. The van der Waals surface area contributed by atoms with E-state index in [2.05, 4.69) is 45.4 Å². The van der Waals surface area contributed by atoms with E-state index in [1.807, 2.05) is 30.3 Å². The zero-order valence-corrected chi connectivity index (χ0v) is 19.5. The van der Waals surface area contributed by atoms with E-state index in [0.717, 1.165) is 64.0 Å². The Morgan fingerprint density at radius 3 is 2.27 bits per heavy atom. The van der Waals surface area contributed by atoms with Gasteiger partial charge in [0.2, 0.25) is 11.8 Å². The van der Waals surface area contributed by atoms with Gasteiger partial charge >= 0.3 is 0 Å². The lowest BCUT2D eigenvalue weighted by Crippen LogP contribution is -2.47. The summed E-state index contributed by atoms with van der Waals surface area (Å²) in [5.41, 5.74) is 2.31. The van der Waals surface area contributed by atoms with Crippen molar-refractivity contribution in [2.75, 3.05) is 50.7 Å². The molecule has 1 N–H and O–H groups in total. The molecule has 1 unspecified atom stereocenters. The minimum absolute atomic E-state index is 0.00499. The van der Waals surface area contributed by atoms with E-state index < -0.39 is 0 Å². The van der Waals surface area contributed by atoms with Gasteiger partial charge in [-0.2, -0.15) is 0 Å². The molecular formula is C27H36N4O2. The van der Waals surface area contributed by atoms with Crippen molar-refractivity contribution >= 4 is 17.5 Å². The molecule has 2 aromatic rings. The van der Waals surface area contributed by atoms with Gasteiger partial charge in [-0.25, -0.2) is 0 Å². The predicted molar refractivity (Wildman–Crippen MR) is 132 cm³/mol. The molecular weight excluding hydrogens is 412 g/mol. The SMILES string of the molecule is O=C(NCCCCN1CCN(c2ccccc2)CC1)C1CCCN1C(=O)Cc1ccccc1. The third-order valence-electron chi connectivity index (χ3n) is 6.77. The van der Waals surface area contributed by atoms with Crippen LogP contribution in [0, 0.1) is 0 Å². The van der Waals surface area contributed by atoms with Crippen molar-refractivity contribution in [3.05, 3.63) is 66.2 Å². The van der Waals surface area contributed by atoms with Crippen LogP contribution in [0.1, 0.15) is 31.2 Å². The Kier molecular flexibility index (Phi) is 8.36. The molecule has 2 fully saturated rings. The highest BCUT2D eigenvalue weighted by molar-refractivity contribution is 5.89. The number of amides is 2. The molecule has 2 aliphatic heterocycles. The van der Waals surface area contributed by atoms with E-state index in [1.54, 1.807) is 4.90 Å². The zero-order valence-electron chi connectivity index (χ0n) is 19.5. The van der Waals surface area contributed by atoms with Crippen molar-refractivity contribution in [2.45, 2.75) is 38.1 Å². The Balaban J connectivity index is 1.12. The van der Waals surface area contributed by atoms with Gasteiger partial charge in [-0.1, -0.05) is 48.5 Å². The third kappa shape index (κ3) is 6.57. The van der Waals surface area contributed by atoms with Crippen LogP contribution >= 0.6 is 0 Å². The number of piperazine rings is 1. The average Bonchev–Trinajstić information content (AvgIpc) is 3.36. The van der Waals surface area contributed by atoms with Crippen LogP contribution in [0.4, 0.5) is 5.69 Å². The van der Waals surface area contributed by atoms with Crippen molar-refractivity contribution in [2.24, 2.45) is 0 Å². The first-order chi connectivity index (χ1) is 16.2. The van der Waals surface area contributed by atoms with Crippen LogP contribution in [0.3, 0.4) is 0 Å².